The molecule has 0 bridgehead atoms. The minimum absolute atomic E-state index is 0.181. The number of methoxy groups -OCH3 is 1. The minimum atomic E-state index is -0.820. The average Bonchev–Trinajstić information content (AvgIpc) is 2.96. The Bertz CT molecular complexity index is 1670. The van der Waals surface area contributed by atoms with Gasteiger partial charge in [-0.1, -0.05) is 60.7 Å². The number of aromatic nitrogens is 4. The quantitative estimate of drug-likeness (QED) is 0.320. The SMILES string of the molecule is CCOc1ncc(-c2nc(C(=O)OC)c(O)c3cc(-c4ccccc4)c(=O)n(Cc4ccccc4)c23)cn1. The molecule has 2 aromatic carbocycles. The lowest BCUT2D eigenvalue weighted by molar-refractivity contribution is 0.0591. The zero-order valence-corrected chi connectivity index (χ0v) is 20.8. The first kappa shape index (κ1) is 24.6. The van der Waals surface area contributed by atoms with Crippen molar-refractivity contribution in [2.45, 2.75) is 13.5 Å². The highest BCUT2D eigenvalue weighted by Gasteiger charge is 2.25. The molecule has 9 nitrogen and oxygen atoms in total. The van der Waals surface area contributed by atoms with Crippen LogP contribution in [-0.2, 0) is 11.3 Å². The third-order valence-electron chi connectivity index (χ3n) is 6.04. The number of esters is 1. The Hall–Kier alpha value is -5.05. The summed E-state index contributed by atoms with van der Waals surface area (Å²) >= 11 is 0. The fraction of sp³-hybridized carbons (Fsp3) is 0.138. The van der Waals surface area contributed by atoms with Crippen LogP contribution in [0.3, 0.4) is 0 Å². The van der Waals surface area contributed by atoms with Crippen molar-refractivity contribution in [3.63, 3.8) is 0 Å². The van der Waals surface area contributed by atoms with Crippen LogP contribution in [0.1, 0.15) is 23.0 Å². The monoisotopic (exact) mass is 508 g/mol. The number of benzene rings is 2. The van der Waals surface area contributed by atoms with Crippen molar-refractivity contribution in [1.29, 1.82) is 0 Å². The topological polar surface area (TPSA) is 116 Å². The van der Waals surface area contributed by atoms with E-state index in [1.54, 1.807) is 10.6 Å². The average molecular weight is 509 g/mol. The van der Waals surface area contributed by atoms with Crippen LogP contribution in [0.5, 0.6) is 11.8 Å². The van der Waals surface area contributed by atoms with E-state index in [0.29, 0.717) is 28.8 Å². The Kier molecular flexibility index (Phi) is 6.82. The normalized spacial score (nSPS) is 10.9. The highest BCUT2D eigenvalue weighted by atomic mass is 16.5. The highest BCUT2D eigenvalue weighted by Crippen LogP contribution is 2.36. The van der Waals surface area contributed by atoms with Gasteiger partial charge in [0.15, 0.2) is 11.4 Å². The van der Waals surface area contributed by atoms with Gasteiger partial charge in [-0.2, -0.15) is 0 Å². The Morgan fingerprint density at radius 2 is 1.63 bits per heavy atom. The maximum absolute atomic E-state index is 14.0. The summed E-state index contributed by atoms with van der Waals surface area (Å²) in [6, 6.07) is 20.4. The van der Waals surface area contributed by atoms with Gasteiger partial charge < -0.3 is 19.1 Å². The maximum Gasteiger partial charge on any atom is 0.360 e. The zero-order valence-electron chi connectivity index (χ0n) is 20.8. The standard InChI is InChI=1S/C29H24N4O5/c1-3-38-29-30-15-20(16-31-29)23-25-22(26(34)24(32-23)28(36)37-2)14-21(19-12-8-5-9-13-19)27(35)33(25)17-18-10-6-4-7-11-18/h4-16,34H,3,17H2,1-2H3. The number of aromatic hydroxyl groups is 1. The fourth-order valence-electron chi connectivity index (χ4n) is 4.27. The second-order valence-electron chi connectivity index (χ2n) is 8.40. The molecule has 190 valence electrons. The lowest BCUT2D eigenvalue weighted by Crippen LogP contribution is -2.24. The fourth-order valence-corrected chi connectivity index (χ4v) is 4.27. The van der Waals surface area contributed by atoms with Crippen LogP contribution in [0.2, 0.25) is 0 Å². The third-order valence-corrected chi connectivity index (χ3v) is 6.04. The molecule has 9 heteroatoms. The molecular formula is C29H24N4O5. The van der Waals surface area contributed by atoms with E-state index in [4.69, 9.17) is 9.47 Å². The van der Waals surface area contributed by atoms with Crippen LogP contribution >= 0.6 is 0 Å². The molecule has 5 aromatic rings. The summed E-state index contributed by atoms with van der Waals surface area (Å²) in [7, 11) is 1.21. The first-order valence-electron chi connectivity index (χ1n) is 11.9. The molecule has 0 aliphatic heterocycles. The van der Waals surface area contributed by atoms with E-state index in [0.717, 1.165) is 5.56 Å². The summed E-state index contributed by atoms with van der Waals surface area (Å²) in [4.78, 5) is 39.6. The van der Waals surface area contributed by atoms with Crippen LogP contribution in [0.25, 0.3) is 33.3 Å². The van der Waals surface area contributed by atoms with Crippen LogP contribution in [0, 0.1) is 0 Å². The molecule has 3 aromatic heterocycles. The van der Waals surface area contributed by atoms with Gasteiger partial charge in [0, 0.05) is 28.9 Å². The third kappa shape index (κ3) is 4.57. The van der Waals surface area contributed by atoms with Gasteiger partial charge in [-0.25, -0.2) is 19.7 Å². The first-order chi connectivity index (χ1) is 18.5. The van der Waals surface area contributed by atoms with Crippen molar-refractivity contribution in [2.24, 2.45) is 0 Å². The number of carbonyl (C=O) groups excluding carboxylic acids is 1. The van der Waals surface area contributed by atoms with Crippen LogP contribution in [-0.4, -0.2) is 44.3 Å². The van der Waals surface area contributed by atoms with Crippen LogP contribution in [0.15, 0.2) is 83.9 Å². The van der Waals surface area contributed by atoms with Gasteiger partial charge in [-0.15, -0.1) is 0 Å². The second-order valence-corrected chi connectivity index (χ2v) is 8.40. The second kappa shape index (κ2) is 10.5. The van der Waals surface area contributed by atoms with E-state index in [-0.39, 0.29) is 40.6 Å². The predicted molar refractivity (Wildman–Crippen MR) is 142 cm³/mol. The van der Waals surface area contributed by atoms with Crippen molar-refractivity contribution in [3.8, 4) is 34.1 Å². The van der Waals surface area contributed by atoms with Crippen LogP contribution < -0.4 is 10.3 Å². The van der Waals surface area contributed by atoms with Crippen LogP contribution in [0.4, 0.5) is 0 Å². The Balaban J connectivity index is 1.89. The number of hydrogen-bond acceptors (Lipinski definition) is 8. The molecule has 0 fully saturated rings. The molecule has 5 rings (SSSR count). The number of carbonyl (C=O) groups is 1. The van der Waals surface area contributed by atoms with E-state index in [1.807, 2.05) is 67.6 Å². The highest BCUT2D eigenvalue weighted by molar-refractivity contribution is 6.04. The summed E-state index contributed by atoms with van der Waals surface area (Å²) in [6.45, 7) is 2.41. The molecule has 0 saturated carbocycles. The summed E-state index contributed by atoms with van der Waals surface area (Å²) in [5.41, 5.74) is 2.33. The smallest absolute Gasteiger partial charge is 0.360 e. The van der Waals surface area contributed by atoms with Gasteiger partial charge in [0.25, 0.3) is 5.56 Å². The molecule has 38 heavy (non-hydrogen) atoms. The number of fused-ring (bicyclic) bond motifs is 1. The van der Waals surface area contributed by atoms with Crippen molar-refractivity contribution in [3.05, 3.63) is 101 Å². The Morgan fingerprint density at radius 1 is 0.974 bits per heavy atom. The molecule has 0 atom stereocenters. The van der Waals surface area contributed by atoms with E-state index in [2.05, 4.69) is 15.0 Å². The number of ether oxygens (including phenoxy) is 2. The molecule has 0 amide bonds. The summed E-state index contributed by atoms with van der Waals surface area (Å²) in [5, 5.41) is 11.5. The van der Waals surface area contributed by atoms with Gasteiger partial charge >= 0.3 is 12.0 Å². The van der Waals surface area contributed by atoms with E-state index in [9.17, 15) is 14.7 Å². The molecular weight excluding hydrogens is 484 g/mol. The Morgan fingerprint density at radius 3 is 2.26 bits per heavy atom. The largest absolute Gasteiger partial charge is 0.505 e. The molecule has 0 saturated heterocycles. The molecule has 0 unspecified atom stereocenters. The summed E-state index contributed by atoms with van der Waals surface area (Å²) < 4.78 is 11.8. The number of hydrogen-bond donors (Lipinski definition) is 1. The van der Waals surface area contributed by atoms with E-state index in [1.165, 1.54) is 19.5 Å². The lowest BCUT2D eigenvalue weighted by Gasteiger charge is -2.18. The molecule has 1 N–H and O–H groups in total. The minimum Gasteiger partial charge on any atom is -0.505 e. The molecule has 0 radical (unpaired) electrons. The summed E-state index contributed by atoms with van der Waals surface area (Å²) in [5.74, 6) is -1.21. The van der Waals surface area contributed by atoms with Crippen molar-refractivity contribution >= 4 is 16.9 Å². The lowest BCUT2D eigenvalue weighted by atomic mass is 10.0. The zero-order chi connectivity index (χ0) is 26.6. The first-order valence-corrected chi connectivity index (χ1v) is 11.9. The molecule has 0 aliphatic carbocycles. The van der Waals surface area contributed by atoms with E-state index < -0.39 is 5.97 Å². The predicted octanol–water partition coefficient (Wildman–Crippen LogP) is 4.46. The van der Waals surface area contributed by atoms with Crippen molar-refractivity contribution < 1.29 is 19.4 Å². The van der Waals surface area contributed by atoms with Gasteiger partial charge in [-0.3, -0.25) is 4.79 Å². The van der Waals surface area contributed by atoms with Crippen molar-refractivity contribution in [1.82, 2.24) is 19.5 Å². The van der Waals surface area contributed by atoms with Gasteiger partial charge in [0.1, 0.15) is 0 Å². The maximum atomic E-state index is 14.0. The molecule has 0 aliphatic rings. The Labute approximate surface area is 218 Å². The van der Waals surface area contributed by atoms with Gasteiger partial charge in [-0.05, 0) is 24.1 Å². The molecule has 3 heterocycles. The molecule has 0 spiro atoms. The number of rotatable bonds is 7. The summed E-state index contributed by atoms with van der Waals surface area (Å²) in [6.07, 6.45) is 3.00. The number of nitrogens with zero attached hydrogens (tertiary/aromatic N) is 4. The van der Waals surface area contributed by atoms with E-state index >= 15 is 0 Å². The van der Waals surface area contributed by atoms with Gasteiger partial charge in [0.2, 0.25) is 0 Å². The van der Waals surface area contributed by atoms with Crippen molar-refractivity contribution in [2.75, 3.05) is 13.7 Å². The van der Waals surface area contributed by atoms with Gasteiger partial charge in [0.05, 0.1) is 31.5 Å². The number of pyridine rings is 2.